The van der Waals surface area contributed by atoms with Crippen molar-refractivity contribution in [3.05, 3.63) is 70.8 Å². The summed E-state index contributed by atoms with van der Waals surface area (Å²) in [7, 11) is 0. The maximum atomic E-state index is 14.8. The van der Waals surface area contributed by atoms with Gasteiger partial charge in [0, 0.05) is 13.0 Å². The summed E-state index contributed by atoms with van der Waals surface area (Å²) in [5.41, 5.74) is 1.96. The highest BCUT2D eigenvalue weighted by Crippen LogP contribution is 2.27. The summed E-state index contributed by atoms with van der Waals surface area (Å²) >= 11 is 0. The third-order valence-corrected chi connectivity index (χ3v) is 8.43. The minimum absolute atomic E-state index is 0.0566. The highest BCUT2D eigenvalue weighted by atomic mass is 16.6. The molecule has 0 fully saturated rings. The Morgan fingerprint density at radius 3 is 1.92 bits per heavy atom. The van der Waals surface area contributed by atoms with Gasteiger partial charge < -0.3 is 25.0 Å². The van der Waals surface area contributed by atoms with E-state index >= 15 is 0 Å². The first-order valence-electron chi connectivity index (χ1n) is 18.8. The Morgan fingerprint density at radius 1 is 0.745 bits per heavy atom. The second-order valence-corrected chi connectivity index (χ2v) is 16.2. The number of carbonyl (C=O) groups is 4. The molecule has 3 unspecified atom stereocenters. The Hall–Kier alpha value is -3.88. The van der Waals surface area contributed by atoms with Crippen LogP contribution in [0.1, 0.15) is 136 Å². The Morgan fingerprint density at radius 2 is 1.35 bits per heavy atom. The van der Waals surface area contributed by atoms with E-state index in [0.29, 0.717) is 18.4 Å². The highest BCUT2D eigenvalue weighted by Gasteiger charge is 2.38. The van der Waals surface area contributed by atoms with E-state index in [2.05, 4.69) is 17.6 Å². The second kappa shape index (κ2) is 20.2. The molecule has 2 aromatic carbocycles. The van der Waals surface area contributed by atoms with Gasteiger partial charge >= 0.3 is 12.1 Å². The van der Waals surface area contributed by atoms with Crippen LogP contribution in [0.15, 0.2) is 48.5 Å². The molecule has 0 radical (unpaired) electrons. The third kappa shape index (κ3) is 15.9. The molecule has 0 aliphatic carbocycles. The predicted octanol–water partition coefficient (Wildman–Crippen LogP) is 8.54. The number of aryl methyl sites for hydroxylation is 2. The standard InChI is InChI=1S/C42H65N3O6/c1-12-13-14-15-16-20-25-45(38(47)34(26-29(2)3)44-40(49)51-42(9,10)11)36(33-24-23-30(4)31(5)27-33)37(46)43-35(39(48)50-41(6,7)8)28-32-21-18-17-19-22-32/h17-19,21-24,27,29,34-36H,12-16,20,25-26,28H2,1-11H3,(H,43,46)(H,44,49). The van der Waals surface area contributed by atoms with Gasteiger partial charge in [-0.15, -0.1) is 0 Å². The van der Waals surface area contributed by atoms with Crippen LogP contribution in [-0.4, -0.2) is 58.6 Å². The fourth-order valence-corrected chi connectivity index (χ4v) is 5.85. The van der Waals surface area contributed by atoms with Crippen LogP contribution in [0.3, 0.4) is 0 Å². The van der Waals surface area contributed by atoms with E-state index in [9.17, 15) is 19.2 Å². The number of alkyl carbamates (subject to hydrolysis) is 1. The van der Waals surface area contributed by atoms with Gasteiger partial charge in [-0.2, -0.15) is 0 Å². The summed E-state index contributed by atoms with van der Waals surface area (Å²) in [6.45, 7) is 21.1. The summed E-state index contributed by atoms with van der Waals surface area (Å²) in [4.78, 5) is 57.9. The molecule has 3 atom stereocenters. The third-order valence-electron chi connectivity index (χ3n) is 8.43. The van der Waals surface area contributed by atoms with Crippen LogP contribution in [0.4, 0.5) is 4.79 Å². The van der Waals surface area contributed by atoms with Gasteiger partial charge in [-0.1, -0.05) is 101 Å². The van der Waals surface area contributed by atoms with E-state index in [-0.39, 0.29) is 24.8 Å². The molecule has 3 amide bonds. The second-order valence-electron chi connectivity index (χ2n) is 16.2. The smallest absolute Gasteiger partial charge is 0.408 e. The Balaban J connectivity index is 2.67. The Bertz CT molecular complexity index is 1410. The first-order valence-corrected chi connectivity index (χ1v) is 18.8. The van der Waals surface area contributed by atoms with E-state index in [1.54, 1.807) is 46.4 Å². The Kier molecular flexibility index (Phi) is 17.2. The SMILES string of the molecule is CCCCCCCCN(C(=O)C(CC(C)C)NC(=O)OC(C)(C)C)C(C(=O)NC(Cc1ccccc1)C(=O)OC(C)(C)C)c1ccc(C)c(C)c1. The molecule has 0 heterocycles. The number of amides is 3. The summed E-state index contributed by atoms with van der Waals surface area (Å²) in [5.74, 6) is -1.37. The summed E-state index contributed by atoms with van der Waals surface area (Å²) in [6.07, 6.45) is 5.79. The zero-order valence-corrected chi connectivity index (χ0v) is 33.2. The number of unbranched alkanes of at least 4 members (excludes halogenated alkanes) is 5. The van der Waals surface area contributed by atoms with Crippen LogP contribution in [0.25, 0.3) is 0 Å². The molecular weight excluding hydrogens is 642 g/mol. The van der Waals surface area contributed by atoms with Crippen molar-refractivity contribution in [2.45, 2.75) is 157 Å². The van der Waals surface area contributed by atoms with E-state index in [1.807, 2.05) is 76.2 Å². The number of nitrogens with one attached hydrogen (secondary N) is 2. The summed E-state index contributed by atoms with van der Waals surface area (Å²) in [5, 5.41) is 5.83. The number of hydrogen-bond donors (Lipinski definition) is 2. The largest absolute Gasteiger partial charge is 0.458 e. The minimum Gasteiger partial charge on any atom is -0.458 e. The molecule has 0 bridgehead atoms. The maximum absolute atomic E-state index is 14.8. The molecule has 2 aromatic rings. The van der Waals surface area contributed by atoms with E-state index in [4.69, 9.17) is 9.47 Å². The van der Waals surface area contributed by atoms with Crippen molar-refractivity contribution in [3.8, 4) is 0 Å². The lowest BCUT2D eigenvalue weighted by Gasteiger charge is -2.36. The molecule has 51 heavy (non-hydrogen) atoms. The van der Waals surface area contributed by atoms with Gasteiger partial charge in [0.1, 0.15) is 29.3 Å². The summed E-state index contributed by atoms with van der Waals surface area (Å²) < 4.78 is 11.3. The van der Waals surface area contributed by atoms with Crippen molar-refractivity contribution >= 4 is 23.9 Å². The molecule has 0 saturated carbocycles. The number of esters is 1. The molecule has 0 aromatic heterocycles. The lowest BCUT2D eigenvalue weighted by Crippen LogP contribution is -2.55. The molecule has 284 valence electrons. The van der Waals surface area contributed by atoms with Crippen molar-refractivity contribution in [2.75, 3.05) is 6.54 Å². The van der Waals surface area contributed by atoms with Crippen molar-refractivity contribution in [2.24, 2.45) is 5.92 Å². The number of benzene rings is 2. The molecular formula is C42H65N3O6. The predicted molar refractivity (Wildman–Crippen MR) is 204 cm³/mol. The number of nitrogens with zero attached hydrogens (tertiary/aromatic N) is 1. The van der Waals surface area contributed by atoms with Crippen molar-refractivity contribution in [3.63, 3.8) is 0 Å². The molecule has 9 heteroatoms. The van der Waals surface area contributed by atoms with Crippen LogP contribution >= 0.6 is 0 Å². The minimum atomic E-state index is -1.08. The van der Waals surface area contributed by atoms with Gasteiger partial charge in [0.15, 0.2) is 0 Å². The molecule has 0 aliphatic rings. The van der Waals surface area contributed by atoms with Crippen LogP contribution in [0, 0.1) is 19.8 Å². The van der Waals surface area contributed by atoms with Crippen LogP contribution in [0.2, 0.25) is 0 Å². The monoisotopic (exact) mass is 707 g/mol. The van der Waals surface area contributed by atoms with Gasteiger partial charge in [-0.25, -0.2) is 9.59 Å². The lowest BCUT2D eigenvalue weighted by molar-refractivity contribution is -0.159. The first kappa shape index (κ1) is 43.3. The maximum Gasteiger partial charge on any atom is 0.408 e. The average Bonchev–Trinajstić information content (AvgIpc) is 3.01. The normalized spacial score (nSPS) is 13.6. The average molecular weight is 708 g/mol. The number of carbonyl (C=O) groups excluding carboxylic acids is 4. The lowest BCUT2D eigenvalue weighted by atomic mass is 9.96. The number of hydrogen-bond acceptors (Lipinski definition) is 6. The van der Waals surface area contributed by atoms with Gasteiger partial charge in [-0.05, 0) is 96.4 Å². The van der Waals surface area contributed by atoms with Gasteiger partial charge in [0.2, 0.25) is 11.8 Å². The van der Waals surface area contributed by atoms with Crippen molar-refractivity contribution in [1.29, 1.82) is 0 Å². The van der Waals surface area contributed by atoms with Crippen molar-refractivity contribution in [1.82, 2.24) is 15.5 Å². The Labute approximate surface area is 307 Å². The van der Waals surface area contributed by atoms with Crippen LogP contribution in [-0.2, 0) is 30.3 Å². The highest BCUT2D eigenvalue weighted by molar-refractivity contribution is 5.94. The zero-order chi connectivity index (χ0) is 38.4. The molecule has 2 rings (SSSR count). The molecule has 0 saturated heterocycles. The molecule has 2 N–H and O–H groups in total. The number of ether oxygens (including phenoxy) is 2. The first-order chi connectivity index (χ1) is 23.8. The quantitative estimate of drug-likeness (QED) is 0.119. The van der Waals surface area contributed by atoms with Crippen LogP contribution in [0.5, 0.6) is 0 Å². The molecule has 0 aliphatic heterocycles. The molecule has 9 nitrogen and oxygen atoms in total. The number of rotatable bonds is 18. The van der Waals surface area contributed by atoms with Gasteiger partial charge in [0.25, 0.3) is 0 Å². The fraction of sp³-hybridized carbons (Fsp3) is 0.619. The topological polar surface area (TPSA) is 114 Å². The molecule has 0 spiro atoms. The summed E-state index contributed by atoms with van der Waals surface area (Å²) in [6, 6.07) is 12.2. The fourth-order valence-electron chi connectivity index (χ4n) is 5.85. The van der Waals surface area contributed by atoms with Gasteiger partial charge in [-0.3, -0.25) is 9.59 Å². The van der Waals surface area contributed by atoms with Crippen LogP contribution < -0.4 is 10.6 Å². The van der Waals surface area contributed by atoms with Crippen molar-refractivity contribution < 1.29 is 28.7 Å². The van der Waals surface area contributed by atoms with Gasteiger partial charge in [0.05, 0.1) is 0 Å². The van der Waals surface area contributed by atoms with E-state index < -0.39 is 47.3 Å². The van der Waals surface area contributed by atoms with E-state index in [1.165, 1.54) is 0 Å². The zero-order valence-electron chi connectivity index (χ0n) is 33.2. The van der Waals surface area contributed by atoms with E-state index in [0.717, 1.165) is 48.8 Å².